The van der Waals surface area contributed by atoms with E-state index in [2.05, 4.69) is 10.3 Å². The van der Waals surface area contributed by atoms with Crippen molar-refractivity contribution in [3.63, 3.8) is 0 Å². The SMILES string of the molecule is CC(C)C[C@H](NC(=O)[C@@H]1CCCN1C(=O)CN)C([O-])=Nc1ccc2ccccc2c1. The smallest absolute Gasteiger partial charge is 0.243 e. The molecule has 2 atom stereocenters. The summed E-state index contributed by atoms with van der Waals surface area (Å²) in [6.07, 6.45) is 1.79. The van der Waals surface area contributed by atoms with E-state index in [9.17, 15) is 14.7 Å². The lowest BCUT2D eigenvalue weighted by Gasteiger charge is -2.29. The Labute approximate surface area is 177 Å². The van der Waals surface area contributed by atoms with Crippen molar-refractivity contribution in [1.82, 2.24) is 10.2 Å². The molecule has 1 aliphatic rings. The van der Waals surface area contributed by atoms with E-state index in [4.69, 9.17) is 5.73 Å². The summed E-state index contributed by atoms with van der Waals surface area (Å²) in [5.74, 6) is -0.763. The quantitative estimate of drug-likeness (QED) is 0.536. The molecule has 3 rings (SSSR count). The van der Waals surface area contributed by atoms with Crippen LogP contribution in [0.25, 0.3) is 10.8 Å². The van der Waals surface area contributed by atoms with Gasteiger partial charge in [-0.3, -0.25) is 14.6 Å². The van der Waals surface area contributed by atoms with Gasteiger partial charge in [0.15, 0.2) is 0 Å². The zero-order valence-electron chi connectivity index (χ0n) is 17.5. The van der Waals surface area contributed by atoms with E-state index in [-0.39, 0.29) is 30.2 Å². The number of fused-ring (bicyclic) bond motifs is 1. The fraction of sp³-hybridized carbons (Fsp3) is 0.435. The molecule has 0 bridgehead atoms. The highest BCUT2D eigenvalue weighted by Crippen LogP contribution is 2.22. The van der Waals surface area contributed by atoms with Crippen molar-refractivity contribution in [2.75, 3.05) is 13.1 Å². The van der Waals surface area contributed by atoms with E-state index in [1.165, 1.54) is 4.90 Å². The van der Waals surface area contributed by atoms with Gasteiger partial charge in [-0.2, -0.15) is 0 Å². The van der Waals surface area contributed by atoms with Gasteiger partial charge in [0.25, 0.3) is 0 Å². The van der Waals surface area contributed by atoms with Crippen LogP contribution in [0.3, 0.4) is 0 Å². The molecule has 3 N–H and O–H groups in total. The summed E-state index contributed by atoms with van der Waals surface area (Å²) in [4.78, 5) is 30.6. The Hall–Kier alpha value is -2.93. The van der Waals surface area contributed by atoms with Gasteiger partial charge in [0.2, 0.25) is 11.8 Å². The second-order valence-electron chi connectivity index (χ2n) is 8.12. The van der Waals surface area contributed by atoms with Gasteiger partial charge in [0, 0.05) is 6.54 Å². The van der Waals surface area contributed by atoms with Gasteiger partial charge in [-0.05, 0) is 54.0 Å². The van der Waals surface area contributed by atoms with Gasteiger partial charge >= 0.3 is 0 Å². The Bertz CT molecular complexity index is 941. The summed E-state index contributed by atoms with van der Waals surface area (Å²) in [5, 5.41) is 17.8. The molecule has 0 spiro atoms. The van der Waals surface area contributed by atoms with Crippen LogP contribution >= 0.6 is 0 Å². The zero-order chi connectivity index (χ0) is 21.7. The van der Waals surface area contributed by atoms with E-state index in [0.29, 0.717) is 25.1 Å². The average Bonchev–Trinajstić information content (AvgIpc) is 3.22. The second-order valence-corrected chi connectivity index (χ2v) is 8.12. The largest absolute Gasteiger partial charge is 0.860 e. The molecule has 2 amide bonds. The van der Waals surface area contributed by atoms with Crippen LogP contribution in [0.5, 0.6) is 0 Å². The Kier molecular flexibility index (Phi) is 7.05. The molecule has 0 aliphatic carbocycles. The molecule has 1 heterocycles. The molecule has 1 fully saturated rings. The number of nitrogens with zero attached hydrogens (tertiary/aromatic N) is 2. The maximum absolute atomic E-state index is 12.9. The van der Waals surface area contributed by atoms with Crippen molar-refractivity contribution in [2.24, 2.45) is 16.6 Å². The second kappa shape index (κ2) is 9.71. The first-order valence-corrected chi connectivity index (χ1v) is 10.4. The first kappa shape index (κ1) is 21.8. The highest BCUT2D eigenvalue weighted by molar-refractivity contribution is 5.93. The van der Waals surface area contributed by atoms with Crippen LogP contribution < -0.4 is 16.2 Å². The van der Waals surface area contributed by atoms with Crippen molar-refractivity contribution >= 4 is 34.2 Å². The fourth-order valence-corrected chi connectivity index (χ4v) is 3.87. The topological polar surface area (TPSA) is 111 Å². The highest BCUT2D eigenvalue weighted by atomic mass is 16.3. The van der Waals surface area contributed by atoms with Gasteiger partial charge in [-0.15, -0.1) is 0 Å². The van der Waals surface area contributed by atoms with Crippen LogP contribution in [-0.2, 0) is 9.59 Å². The third-order valence-corrected chi connectivity index (χ3v) is 5.34. The number of likely N-dealkylation sites (tertiary alicyclic amines) is 1. The van der Waals surface area contributed by atoms with Crippen LogP contribution in [0.4, 0.5) is 5.69 Å². The molecule has 160 valence electrons. The number of amides is 2. The van der Waals surface area contributed by atoms with Crippen molar-refractivity contribution in [1.29, 1.82) is 0 Å². The minimum Gasteiger partial charge on any atom is -0.860 e. The Balaban J connectivity index is 1.79. The summed E-state index contributed by atoms with van der Waals surface area (Å²) in [7, 11) is 0. The Morgan fingerprint density at radius 1 is 1.23 bits per heavy atom. The number of carbonyl (C=O) groups excluding carboxylic acids is 2. The van der Waals surface area contributed by atoms with Gasteiger partial charge < -0.3 is 21.1 Å². The number of aliphatic imine (C=N–C) groups is 1. The lowest BCUT2D eigenvalue weighted by Crippen LogP contribution is -2.54. The number of nitrogens with one attached hydrogen (secondary N) is 1. The number of benzene rings is 2. The number of carbonyl (C=O) groups is 2. The molecule has 2 aromatic rings. The average molecular weight is 410 g/mol. The third-order valence-electron chi connectivity index (χ3n) is 5.34. The minimum atomic E-state index is -0.737. The molecule has 0 unspecified atom stereocenters. The zero-order valence-corrected chi connectivity index (χ0v) is 17.5. The van der Waals surface area contributed by atoms with Crippen molar-refractivity contribution in [3.8, 4) is 0 Å². The molecule has 7 nitrogen and oxygen atoms in total. The molecule has 1 aliphatic heterocycles. The molecular formula is C23H29N4O3-. The first-order valence-electron chi connectivity index (χ1n) is 10.4. The first-order chi connectivity index (χ1) is 14.4. The Morgan fingerprint density at radius 3 is 2.67 bits per heavy atom. The summed E-state index contributed by atoms with van der Waals surface area (Å²) in [6.45, 7) is 4.36. The van der Waals surface area contributed by atoms with Gasteiger partial charge in [0.1, 0.15) is 6.04 Å². The fourth-order valence-electron chi connectivity index (χ4n) is 3.87. The number of rotatable bonds is 7. The summed E-state index contributed by atoms with van der Waals surface area (Å²) in [5.41, 5.74) is 6.02. The van der Waals surface area contributed by atoms with E-state index < -0.39 is 12.1 Å². The van der Waals surface area contributed by atoms with Crippen molar-refractivity contribution in [3.05, 3.63) is 42.5 Å². The predicted molar refractivity (Wildman–Crippen MR) is 116 cm³/mol. The van der Waals surface area contributed by atoms with Crippen LogP contribution in [0.1, 0.15) is 33.1 Å². The van der Waals surface area contributed by atoms with E-state index in [0.717, 1.165) is 17.2 Å². The maximum Gasteiger partial charge on any atom is 0.243 e. The van der Waals surface area contributed by atoms with Gasteiger partial charge in [-0.1, -0.05) is 44.2 Å². The number of hydrogen-bond donors (Lipinski definition) is 2. The monoisotopic (exact) mass is 409 g/mol. The van der Waals surface area contributed by atoms with Crippen LogP contribution in [0, 0.1) is 5.92 Å². The maximum atomic E-state index is 12.9. The number of hydrogen-bond acceptors (Lipinski definition) is 5. The molecule has 0 saturated carbocycles. The summed E-state index contributed by atoms with van der Waals surface area (Å²) < 4.78 is 0. The van der Waals surface area contributed by atoms with Crippen LogP contribution in [0.2, 0.25) is 0 Å². The molecule has 30 heavy (non-hydrogen) atoms. The van der Waals surface area contributed by atoms with Crippen molar-refractivity contribution < 1.29 is 14.7 Å². The van der Waals surface area contributed by atoms with Crippen LogP contribution in [0.15, 0.2) is 47.5 Å². The molecule has 1 saturated heterocycles. The molecular weight excluding hydrogens is 380 g/mol. The van der Waals surface area contributed by atoms with Crippen LogP contribution in [-0.4, -0.2) is 47.8 Å². The Morgan fingerprint density at radius 2 is 1.97 bits per heavy atom. The van der Waals surface area contributed by atoms with Gasteiger partial charge in [0.05, 0.1) is 18.3 Å². The van der Waals surface area contributed by atoms with Gasteiger partial charge in [-0.25, -0.2) is 0 Å². The summed E-state index contributed by atoms with van der Waals surface area (Å²) >= 11 is 0. The van der Waals surface area contributed by atoms with E-state index in [1.54, 1.807) is 6.07 Å². The lowest BCUT2D eigenvalue weighted by atomic mass is 10.0. The van der Waals surface area contributed by atoms with E-state index in [1.807, 2.05) is 50.2 Å². The standard InChI is InChI=1S/C23H30N4O3/c1-15(2)12-19(26-23(30)20-8-5-11-27(20)21(28)14-24)22(29)25-18-10-9-16-6-3-4-7-17(16)13-18/h3-4,6-7,9-10,13,15,19-20H,5,8,11-12,14,24H2,1-2H3,(H,25,29)(H,26,30)/p-1/t19-,20-/m0/s1. The molecule has 0 aromatic heterocycles. The number of nitrogens with two attached hydrogens (primary N) is 1. The molecule has 7 heteroatoms. The predicted octanol–water partition coefficient (Wildman–Crippen LogP) is 1.71. The molecule has 2 aromatic carbocycles. The molecule has 0 radical (unpaired) electrons. The summed E-state index contributed by atoms with van der Waals surface area (Å²) in [6, 6.07) is 12.1. The van der Waals surface area contributed by atoms with E-state index >= 15 is 0 Å². The minimum absolute atomic E-state index is 0.130. The van der Waals surface area contributed by atoms with Crippen molar-refractivity contribution in [2.45, 2.75) is 45.2 Å². The third kappa shape index (κ3) is 5.16. The lowest BCUT2D eigenvalue weighted by molar-refractivity contribution is -0.221. The highest BCUT2D eigenvalue weighted by Gasteiger charge is 2.34. The normalized spacial score (nSPS) is 18.1.